The summed E-state index contributed by atoms with van der Waals surface area (Å²) in [5.74, 6) is 0.0128. The van der Waals surface area contributed by atoms with Crippen LogP contribution in [-0.4, -0.2) is 42.1 Å². The van der Waals surface area contributed by atoms with E-state index in [9.17, 15) is 4.79 Å². The Morgan fingerprint density at radius 3 is 2.95 bits per heavy atom. The summed E-state index contributed by atoms with van der Waals surface area (Å²) >= 11 is 1.75. The Kier molecular flexibility index (Phi) is 3.60. The van der Waals surface area contributed by atoms with Crippen LogP contribution in [0.2, 0.25) is 0 Å². The van der Waals surface area contributed by atoms with Crippen molar-refractivity contribution in [3.05, 3.63) is 22.4 Å². The van der Waals surface area contributed by atoms with E-state index >= 15 is 0 Å². The van der Waals surface area contributed by atoms with Crippen LogP contribution in [0.5, 0.6) is 0 Å². The normalized spacial score (nSPS) is 27.4. The Balaban J connectivity index is 1.58. The van der Waals surface area contributed by atoms with Gasteiger partial charge in [-0.25, -0.2) is 0 Å². The molecule has 0 radical (unpaired) electrons. The number of likely N-dealkylation sites (tertiary alicyclic amines) is 1. The molecule has 2 aliphatic rings. The second-order valence-electron chi connectivity index (χ2n) is 5.55. The van der Waals surface area contributed by atoms with Crippen molar-refractivity contribution in [3.8, 4) is 0 Å². The number of nitrogens with one attached hydrogen (secondary N) is 1. The molecule has 104 valence electrons. The van der Waals surface area contributed by atoms with E-state index in [0.29, 0.717) is 0 Å². The van der Waals surface area contributed by atoms with E-state index in [1.807, 2.05) is 0 Å². The van der Waals surface area contributed by atoms with Crippen LogP contribution in [-0.2, 0) is 16.1 Å². The van der Waals surface area contributed by atoms with Crippen LogP contribution in [0.4, 0.5) is 0 Å². The molecule has 1 spiro atoms. The van der Waals surface area contributed by atoms with E-state index in [-0.39, 0.29) is 24.2 Å². The molecule has 5 heteroatoms. The zero-order valence-corrected chi connectivity index (χ0v) is 12.0. The Hall–Kier alpha value is -0.910. The number of thiophene rings is 1. The number of rotatable bonds is 2. The summed E-state index contributed by atoms with van der Waals surface area (Å²) < 4.78 is 5.88. The van der Waals surface area contributed by atoms with E-state index in [2.05, 4.69) is 34.0 Å². The molecule has 2 fully saturated rings. The minimum absolute atomic E-state index is 0.0128. The lowest BCUT2D eigenvalue weighted by Gasteiger charge is -2.47. The number of morpholine rings is 1. The highest BCUT2D eigenvalue weighted by Crippen LogP contribution is 2.32. The first kappa shape index (κ1) is 13.1. The lowest BCUT2D eigenvalue weighted by Crippen LogP contribution is -2.62. The van der Waals surface area contributed by atoms with Gasteiger partial charge in [-0.05, 0) is 42.2 Å². The van der Waals surface area contributed by atoms with Gasteiger partial charge in [-0.2, -0.15) is 11.3 Å². The van der Waals surface area contributed by atoms with Crippen molar-refractivity contribution < 1.29 is 9.53 Å². The molecular formula is C14H20N2O2S. The molecule has 3 rings (SSSR count). The Bertz CT molecular complexity index is 438. The van der Waals surface area contributed by atoms with Crippen LogP contribution in [0.25, 0.3) is 0 Å². The highest BCUT2D eigenvalue weighted by molar-refractivity contribution is 7.07. The second kappa shape index (κ2) is 5.23. The van der Waals surface area contributed by atoms with Gasteiger partial charge < -0.3 is 10.1 Å². The number of carbonyl (C=O) groups is 1. The average molecular weight is 280 g/mol. The fourth-order valence-corrected chi connectivity index (χ4v) is 3.72. The molecule has 2 saturated heterocycles. The molecule has 19 heavy (non-hydrogen) atoms. The van der Waals surface area contributed by atoms with Crippen molar-refractivity contribution in [2.45, 2.75) is 38.0 Å². The lowest BCUT2D eigenvalue weighted by molar-refractivity contribution is -0.159. The second-order valence-corrected chi connectivity index (χ2v) is 6.33. The quantitative estimate of drug-likeness (QED) is 0.895. The summed E-state index contributed by atoms with van der Waals surface area (Å²) in [6, 6.07) is 2.31. The summed E-state index contributed by atoms with van der Waals surface area (Å²) in [4.78, 5) is 13.8. The van der Waals surface area contributed by atoms with Gasteiger partial charge in [-0.1, -0.05) is 0 Å². The Morgan fingerprint density at radius 2 is 2.32 bits per heavy atom. The van der Waals surface area contributed by atoms with Gasteiger partial charge in [0.1, 0.15) is 6.61 Å². The van der Waals surface area contributed by atoms with Crippen LogP contribution < -0.4 is 5.32 Å². The summed E-state index contributed by atoms with van der Waals surface area (Å²) in [5, 5.41) is 7.36. The third-order valence-corrected chi connectivity index (χ3v) is 5.08. The average Bonchev–Trinajstić information content (AvgIpc) is 2.90. The maximum Gasteiger partial charge on any atom is 0.246 e. The standard InChI is InChI=1S/C14H20N2O2S/c1-11-14(18-9-13(17)15-11)3-5-16(6-4-14)8-12-2-7-19-10-12/h2,7,10-11H,3-6,8-9H2,1H3,(H,15,17). The molecule has 0 saturated carbocycles. The largest absolute Gasteiger partial charge is 0.363 e. The minimum Gasteiger partial charge on any atom is -0.363 e. The van der Waals surface area contributed by atoms with E-state index < -0.39 is 0 Å². The number of piperidine rings is 1. The van der Waals surface area contributed by atoms with E-state index in [1.54, 1.807) is 11.3 Å². The number of amides is 1. The van der Waals surface area contributed by atoms with E-state index in [1.165, 1.54) is 5.56 Å². The first-order valence-corrected chi connectivity index (χ1v) is 7.79. The predicted molar refractivity (Wildman–Crippen MR) is 75.1 cm³/mol. The third-order valence-electron chi connectivity index (χ3n) is 4.35. The van der Waals surface area contributed by atoms with Gasteiger partial charge in [0, 0.05) is 19.6 Å². The molecule has 0 aromatic carbocycles. The fraction of sp³-hybridized carbons (Fsp3) is 0.643. The number of nitrogens with zero attached hydrogens (tertiary/aromatic N) is 1. The number of ether oxygens (including phenoxy) is 1. The molecule has 1 aromatic rings. The van der Waals surface area contributed by atoms with Crippen molar-refractivity contribution in [1.29, 1.82) is 0 Å². The molecular weight excluding hydrogens is 260 g/mol. The van der Waals surface area contributed by atoms with E-state index in [4.69, 9.17) is 4.74 Å². The fourth-order valence-electron chi connectivity index (χ4n) is 3.06. The molecule has 2 aliphatic heterocycles. The van der Waals surface area contributed by atoms with Crippen molar-refractivity contribution in [1.82, 2.24) is 10.2 Å². The van der Waals surface area contributed by atoms with E-state index in [0.717, 1.165) is 32.5 Å². The van der Waals surface area contributed by atoms with Gasteiger partial charge >= 0.3 is 0 Å². The Morgan fingerprint density at radius 1 is 1.53 bits per heavy atom. The summed E-state index contributed by atoms with van der Waals surface area (Å²) in [6.45, 7) is 5.38. The van der Waals surface area contributed by atoms with Gasteiger partial charge in [-0.3, -0.25) is 9.69 Å². The molecule has 4 nitrogen and oxygen atoms in total. The molecule has 1 atom stereocenters. The minimum atomic E-state index is -0.140. The molecule has 0 aliphatic carbocycles. The van der Waals surface area contributed by atoms with Crippen LogP contribution in [0.15, 0.2) is 16.8 Å². The van der Waals surface area contributed by atoms with Gasteiger partial charge in [-0.15, -0.1) is 0 Å². The maximum atomic E-state index is 11.3. The summed E-state index contributed by atoms with van der Waals surface area (Å²) in [5.41, 5.74) is 1.26. The molecule has 1 unspecified atom stereocenters. The molecule has 1 aromatic heterocycles. The van der Waals surface area contributed by atoms with Crippen molar-refractivity contribution in [2.24, 2.45) is 0 Å². The molecule has 1 amide bonds. The number of hydrogen-bond donors (Lipinski definition) is 1. The van der Waals surface area contributed by atoms with Crippen LogP contribution in [0, 0.1) is 0 Å². The highest BCUT2D eigenvalue weighted by Gasteiger charge is 2.44. The molecule has 0 bridgehead atoms. The molecule has 1 N–H and O–H groups in total. The van der Waals surface area contributed by atoms with Gasteiger partial charge in [0.05, 0.1) is 11.6 Å². The summed E-state index contributed by atoms with van der Waals surface area (Å²) in [6.07, 6.45) is 2.00. The first-order valence-electron chi connectivity index (χ1n) is 6.85. The predicted octanol–water partition coefficient (Wildman–Crippen LogP) is 1.62. The zero-order valence-electron chi connectivity index (χ0n) is 11.2. The number of carbonyl (C=O) groups excluding carboxylic acids is 1. The SMILES string of the molecule is CC1NC(=O)COC12CCN(Cc1ccsc1)CC2. The van der Waals surface area contributed by atoms with Crippen molar-refractivity contribution >= 4 is 17.2 Å². The monoisotopic (exact) mass is 280 g/mol. The maximum absolute atomic E-state index is 11.3. The lowest BCUT2D eigenvalue weighted by atomic mass is 9.83. The van der Waals surface area contributed by atoms with Gasteiger partial charge in [0.25, 0.3) is 0 Å². The Labute approximate surface area is 117 Å². The summed E-state index contributed by atoms with van der Waals surface area (Å²) in [7, 11) is 0. The van der Waals surface area contributed by atoms with Crippen molar-refractivity contribution in [2.75, 3.05) is 19.7 Å². The van der Waals surface area contributed by atoms with Crippen LogP contribution in [0.3, 0.4) is 0 Å². The topological polar surface area (TPSA) is 41.6 Å². The third kappa shape index (κ3) is 2.68. The van der Waals surface area contributed by atoms with Crippen LogP contribution >= 0.6 is 11.3 Å². The number of hydrogen-bond acceptors (Lipinski definition) is 4. The first-order chi connectivity index (χ1) is 9.18. The van der Waals surface area contributed by atoms with Gasteiger partial charge in [0.15, 0.2) is 0 Å². The van der Waals surface area contributed by atoms with Crippen molar-refractivity contribution in [3.63, 3.8) is 0 Å². The highest BCUT2D eigenvalue weighted by atomic mass is 32.1. The smallest absolute Gasteiger partial charge is 0.246 e. The van der Waals surface area contributed by atoms with Gasteiger partial charge in [0.2, 0.25) is 5.91 Å². The zero-order chi connectivity index (χ0) is 13.3. The molecule has 3 heterocycles. The van der Waals surface area contributed by atoms with Crippen LogP contribution in [0.1, 0.15) is 25.3 Å².